The van der Waals surface area contributed by atoms with Gasteiger partial charge in [-0.25, -0.2) is 0 Å². The van der Waals surface area contributed by atoms with Gasteiger partial charge in [-0.05, 0) is 24.5 Å². The fraction of sp³-hybridized carbons (Fsp3) is 0.412. The van der Waals surface area contributed by atoms with Gasteiger partial charge in [-0.1, -0.05) is 25.1 Å². The Labute approximate surface area is 141 Å². The molecule has 124 valence electrons. The van der Waals surface area contributed by atoms with E-state index in [0.717, 1.165) is 22.9 Å². The summed E-state index contributed by atoms with van der Waals surface area (Å²) in [5.41, 5.74) is 2.24. The van der Waals surface area contributed by atoms with Crippen LogP contribution in [0, 0.1) is 0 Å². The Hall–Kier alpha value is -1.95. The molecule has 0 saturated heterocycles. The summed E-state index contributed by atoms with van der Waals surface area (Å²) in [4.78, 5) is 26.8. The van der Waals surface area contributed by atoms with Crippen LogP contribution in [0.15, 0.2) is 30.5 Å². The van der Waals surface area contributed by atoms with Crippen molar-refractivity contribution in [2.45, 2.75) is 32.3 Å². The summed E-state index contributed by atoms with van der Waals surface area (Å²) in [6.45, 7) is 2.32. The van der Waals surface area contributed by atoms with Crippen LogP contribution in [0.2, 0.25) is 0 Å². The number of benzene rings is 1. The first-order valence-electron chi connectivity index (χ1n) is 7.78. The number of hydrogen-bond donors (Lipinski definition) is 3. The average Bonchev–Trinajstić information content (AvgIpc) is 2.96. The van der Waals surface area contributed by atoms with Gasteiger partial charge in [0, 0.05) is 29.4 Å². The Morgan fingerprint density at radius 3 is 2.87 bits per heavy atom. The van der Waals surface area contributed by atoms with Crippen molar-refractivity contribution in [3.63, 3.8) is 0 Å². The number of nitrogens with one attached hydrogen (secondary N) is 2. The molecule has 1 aromatic carbocycles. The van der Waals surface area contributed by atoms with E-state index in [2.05, 4.69) is 29.0 Å². The summed E-state index contributed by atoms with van der Waals surface area (Å²) >= 11 is 3.98. The van der Waals surface area contributed by atoms with Crippen LogP contribution in [-0.2, 0) is 20.7 Å². The van der Waals surface area contributed by atoms with Crippen LogP contribution >= 0.6 is 12.6 Å². The van der Waals surface area contributed by atoms with Crippen molar-refractivity contribution < 1.29 is 14.3 Å². The molecule has 2 N–H and O–H groups in total. The van der Waals surface area contributed by atoms with E-state index < -0.39 is 12.1 Å². The van der Waals surface area contributed by atoms with E-state index in [-0.39, 0.29) is 12.3 Å². The first kappa shape index (κ1) is 17.4. The second-order valence-electron chi connectivity index (χ2n) is 5.26. The standard InChI is InChI=1S/C17H22N2O3S/c1-2-15(22-16(20)8-10-23)17(21)18-9-7-12-11-19-14-6-4-3-5-13(12)14/h3-6,11,15,19,23H,2,7-10H2,1H3,(H,18,21)/t15-/m1/s1. The van der Waals surface area contributed by atoms with E-state index in [1.165, 1.54) is 0 Å². The third-order valence-corrected chi connectivity index (χ3v) is 3.84. The minimum atomic E-state index is -0.731. The van der Waals surface area contributed by atoms with Crippen molar-refractivity contribution in [1.82, 2.24) is 10.3 Å². The van der Waals surface area contributed by atoms with Crippen LogP contribution in [0.1, 0.15) is 25.3 Å². The van der Waals surface area contributed by atoms with Gasteiger partial charge >= 0.3 is 5.97 Å². The Kier molecular flexibility index (Phi) is 6.52. The molecule has 1 atom stereocenters. The van der Waals surface area contributed by atoms with Crippen molar-refractivity contribution in [3.05, 3.63) is 36.0 Å². The molecular formula is C17H22N2O3S. The first-order valence-corrected chi connectivity index (χ1v) is 8.42. The number of H-pyrrole nitrogens is 1. The van der Waals surface area contributed by atoms with Gasteiger partial charge in [-0.15, -0.1) is 0 Å². The molecule has 0 aliphatic heterocycles. The lowest BCUT2D eigenvalue weighted by Crippen LogP contribution is -2.38. The number of aromatic amines is 1. The molecule has 0 unspecified atom stereocenters. The lowest BCUT2D eigenvalue weighted by molar-refractivity contribution is -0.155. The summed E-state index contributed by atoms with van der Waals surface area (Å²) < 4.78 is 5.15. The zero-order chi connectivity index (χ0) is 16.7. The van der Waals surface area contributed by atoms with Crippen molar-refractivity contribution in [2.75, 3.05) is 12.3 Å². The maximum atomic E-state index is 12.1. The summed E-state index contributed by atoms with van der Waals surface area (Å²) in [5.74, 6) is -0.226. The van der Waals surface area contributed by atoms with Gasteiger partial charge in [0.2, 0.25) is 0 Å². The highest BCUT2D eigenvalue weighted by Gasteiger charge is 2.20. The highest BCUT2D eigenvalue weighted by molar-refractivity contribution is 7.80. The quantitative estimate of drug-likeness (QED) is 0.513. The Morgan fingerprint density at radius 1 is 1.35 bits per heavy atom. The zero-order valence-electron chi connectivity index (χ0n) is 13.2. The molecule has 23 heavy (non-hydrogen) atoms. The minimum Gasteiger partial charge on any atom is -0.452 e. The van der Waals surface area contributed by atoms with E-state index >= 15 is 0 Å². The summed E-state index contributed by atoms with van der Waals surface area (Å²) in [6, 6.07) is 8.05. The molecule has 1 aromatic heterocycles. The average molecular weight is 334 g/mol. The number of fused-ring (bicyclic) bond motifs is 1. The maximum Gasteiger partial charge on any atom is 0.307 e. The monoisotopic (exact) mass is 334 g/mol. The zero-order valence-corrected chi connectivity index (χ0v) is 14.1. The van der Waals surface area contributed by atoms with E-state index in [1.54, 1.807) is 0 Å². The fourth-order valence-electron chi connectivity index (χ4n) is 2.40. The van der Waals surface area contributed by atoms with Crippen LogP contribution in [0.5, 0.6) is 0 Å². The number of hydrogen-bond acceptors (Lipinski definition) is 4. The lowest BCUT2D eigenvalue weighted by atomic mass is 10.1. The number of carbonyl (C=O) groups is 2. The predicted molar refractivity (Wildman–Crippen MR) is 93.7 cm³/mol. The Bertz CT molecular complexity index is 669. The number of amides is 1. The SMILES string of the molecule is CC[C@@H](OC(=O)CCS)C(=O)NCCc1c[nH]c2ccccc12. The smallest absolute Gasteiger partial charge is 0.307 e. The van der Waals surface area contributed by atoms with E-state index in [1.807, 2.05) is 31.3 Å². The van der Waals surface area contributed by atoms with Crippen LogP contribution < -0.4 is 5.32 Å². The number of para-hydroxylation sites is 1. The second kappa shape index (κ2) is 8.62. The second-order valence-corrected chi connectivity index (χ2v) is 5.71. The van der Waals surface area contributed by atoms with Gasteiger partial charge in [-0.3, -0.25) is 9.59 Å². The molecule has 5 nitrogen and oxygen atoms in total. The van der Waals surface area contributed by atoms with Gasteiger partial charge in [0.05, 0.1) is 6.42 Å². The van der Waals surface area contributed by atoms with Crippen LogP contribution in [0.3, 0.4) is 0 Å². The molecule has 6 heteroatoms. The molecule has 0 saturated carbocycles. The molecule has 0 fully saturated rings. The van der Waals surface area contributed by atoms with Gasteiger partial charge in [-0.2, -0.15) is 12.6 Å². The highest BCUT2D eigenvalue weighted by atomic mass is 32.1. The summed E-state index contributed by atoms with van der Waals surface area (Å²) in [5, 5.41) is 4.00. The third-order valence-electron chi connectivity index (χ3n) is 3.62. The molecule has 2 aromatic rings. The van der Waals surface area contributed by atoms with Crippen LogP contribution in [0.4, 0.5) is 0 Å². The van der Waals surface area contributed by atoms with Crippen molar-refractivity contribution in [1.29, 1.82) is 0 Å². The number of ether oxygens (including phenoxy) is 1. The largest absolute Gasteiger partial charge is 0.452 e. The van der Waals surface area contributed by atoms with Crippen molar-refractivity contribution >= 4 is 35.4 Å². The topological polar surface area (TPSA) is 71.2 Å². The number of esters is 1. The van der Waals surface area contributed by atoms with E-state index in [9.17, 15) is 9.59 Å². The molecule has 1 amide bonds. The highest BCUT2D eigenvalue weighted by Crippen LogP contribution is 2.17. The number of carbonyl (C=O) groups excluding carboxylic acids is 2. The van der Waals surface area contributed by atoms with E-state index in [0.29, 0.717) is 18.7 Å². The maximum absolute atomic E-state index is 12.1. The minimum absolute atomic E-state index is 0.211. The molecule has 1 heterocycles. The first-order chi connectivity index (χ1) is 11.2. The number of rotatable bonds is 8. The van der Waals surface area contributed by atoms with Crippen LogP contribution in [0.25, 0.3) is 10.9 Å². The van der Waals surface area contributed by atoms with Crippen molar-refractivity contribution in [3.8, 4) is 0 Å². The van der Waals surface area contributed by atoms with E-state index in [4.69, 9.17) is 4.74 Å². The molecular weight excluding hydrogens is 312 g/mol. The third kappa shape index (κ3) is 4.76. The van der Waals surface area contributed by atoms with Gasteiger partial charge < -0.3 is 15.0 Å². The van der Waals surface area contributed by atoms with Crippen LogP contribution in [-0.4, -0.2) is 35.3 Å². The molecule has 2 rings (SSSR count). The Balaban J connectivity index is 1.84. The lowest BCUT2D eigenvalue weighted by Gasteiger charge is -2.15. The normalized spacial score (nSPS) is 12.1. The molecule has 0 spiro atoms. The summed E-state index contributed by atoms with van der Waals surface area (Å²) in [7, 11) is 0. The predicted octanol–water partition coefficient (Wildman–Crippen LogP) is 2.47. The van der Waals surface area contributed by atoms with Gasteiger partial charge in [0.25, 0.3) is 5.91 Å². The van der Waals surface area contributed by atoms with Gasteiger partial charge in [0.15, 0.2) is 6.10 Å². The number of thiol groups is 1. The fourth-order valence-corrected chi connectivity index (χ4v) is 2.59. The van der Waals surface area contributed by atoms with Crippen molar-refractivity contribution in [2.24, 2.45) is 0 Å². The Morgan fingerprint density at radius 2 is 2.13 bits per heavy atom. The molecule has 0 radical (unpaired) electrons. The van der Waals surface area contributed by atoms with Gasteiger partial charge in [0.1, 0.15) is 0 Å². The summed E-state index contributed by atoms with van der Waals surface area (Å²) in [6.07, 6.45) is 2.61. The number of aromatic nitrogens is 1. The molecule has 0 bridgehead atoms. The molecule has 0 aliphatic carbocycles. The molecule has 0 aliphatic rings.